The van der Waals surface area contributed by atoms with Gasteiger partial charge in [0, 0.05) is 11.1 Å². The SMILES string of the molecule is [C-]#[N+]C(C#N)=C1c2ccccc2-c2c(C(=O)OCCC(F)(F)C(F)(F)C(F)(F)C(F)(F)F)cccc21. The Hall–Kier alpha value is -4.00. The van der Waals surface area contributed by atoms with Crippen LogP contribution in [0.1, 0.15) is 27.9 Å². The van der Waals surface area contributed by atoms with Crippen molar-refractivity contribution in [2.24, 2.45) is 0 Å². The van der Waals surface area contributed by atoms with E-state index in [0.717, 1.165) is 6.07 Å². The summed E-state index contributed by atoms with van der Waals surface area (Å²) >= 11 is 0. The first-order valence-corrected chi connectivity index (χ1v) is 9.74. The molecule has 2 aromatic carbocycles. The smallest absolute Gasteiger partial charge is 0.460 e. The molecule has 0 atom stereocenters. The topological polar surface area (TPSA) is 54.5 Å². The van der Waals surface area contributed by atoms with Gasteiger partial charge in [-0.15, -0.1) is 0 Å². The Balaban J connectivity index is 1.90. The number of alkyl halides is 9. The molecule has 13 heteroatoms. The molecule has 0 radical (unpaired) electrons. The lowest BCUT2D eigenvalue weighted by Gasteiger charge is -2.33. The van der Waals surface area contributed by atoms with Gasteiger partial charge in [0.25, 0.3) is 5.70 Å². The lowest BCUT2D eigenvalue weighted by atomic mass is 9.98. The number of benzene rings is 2. The van der Waals surface area contributed by atoms with Gasteiger partial charge in [-0.2, -0.15) is 39.5 Å². The summed E-state index contributed by atoms with van der Waals surface area (Å²) in [5.41, 5.74) is 0.666. The highest BCUT2D eigenvalue weighted by Crippen LogP contribution is 2.54. The largest absolute Gasteiger partial charge is 0.462 e. The number of hydrogen-bond acceptors (Lipinski definition) is 3. The quantitative estimate of drug-likeness (QED) is 0.155. The Morgan fingerprint density at radius 1 is 0.889 bits per heavy atom. The molecule has 0 aliphatic heterocycles. The monoisotopic (exact) mass is 518 g/mol. The van der Waals surface area contributed by atoms with E-state index < -0.39 is 42.9 Å². The van der Waals surface area contributed by atoms with E-state index in [1.165, 1.54) is 18.2 Å². The molecule has 0 heterocycles. The first-order valence-electron chi connectivity index (χ1n) is 9.74. The highest BCUT2D eigenvalue weighted by Gasteiger charge is 2.81. The van der Waals surface area contributed by atoms with Crippen LogP contribution < -0.4 is 0 Å². The van der Waals surface area contributed by atoms with Crippen molar-refractivity contribution >= 4 is 11.5 Å². The molecule has 0 amide bonds. The fourth-order valence-electron chi connectivity index (χ4n) is 3.59. The summed E-state index contributed by atoms with van der Waals surface area (Å²) in [7, 11) is 0. The van der Waals surface area contributed by atoms with E-state index in [0.29, 0.717) is 11.1 Å². The molecule has 4 nitrogen and oxygen atoms in total. The lowest BCUT2D eigenvalue weighted by molar-refractivity contribution is -0.397. The van der Waals surface area contributed by atoms with E-state index >= 15 is 0 Å². The highest BCUT2D eigenvalue weighted by molar-refractivity contribution is 6.10. The number of carbonyl (C=O) groups is 1. The molecule has 188 valence electrons. The zero-order valence-electron chi connectivity index (χ0n) is 17.6. The van der Waals surface area contributed by atoms with Gasteiger partial charge >= 0.3 is 29.9 Å². The average Bonchev–Trinajstić information content (AvgIpc) is 3.13. The minimum atomic E-state index is -7.04. The first-order chi connectivity index (χ1) is 16.6. The second-order valence-electron chi connectivity index (χ2n) is 7.46. The molecular formula is C23H11F9N2O2. The number of nitriles is 1. The molecule has 0 saturated carbocycles. The van der Waals surface area contributed by atoms with Crippen LogP contribution in [0, 0.1) is 17.9 Å². The number of nitrogens with zero attached hydrogens (tertiary/aromatic N) is 2. The van der Waals surface area contributed by atoms with Gasteiger partial charge in [-0.1, -0.05) is 36.4 Å². The summed E-state index contributed by atoms with van der Waals surface area (Å²) in [5, 5.41) is 9.31. The zero-order valence-corrected chi connectivity index (χ0v) is 17.6. The summed E-state index contributed by atoms with van der Waals surface area (Å²) in [6.45, 7) is 5.61. The van der Waals surface area contributed by atoms with Gasteiger partial charge in [-0.3, -0.25) is 0 Å². The van der Waals surface area contributed by atoms with Gasteiger partial charge in [0.2, 0.25) is 0 Å². The maximum Gasteiger partial charge on any atom is 0.460 e. The number of allylic oxidation sites excluding steroid dienone is 1. The molecule has 1 aliphatic carbocycles. The fourth-order valence-corrected chi connectivity index (χ4v) is 3.59. The Morgan fingerprint density at radius 3 is 2.03 bits per heavy atom. The number of halogens is 9. The number of fused-ring (bicyclic) bond motifs is 3. The summed E-state index contributed by atoms with van der Waals surface area (Å²) in [6, 6.07) is 11.8. The molecule has 2 aromatic rings. The van der Waals surface area contributed by atoms with Gasteiger partial charge in [0.15, 0.2) is 0 Å². The standard InChI is InChI=1S/C23H11F9N2O2/c1-34-16(11-33)18-13-6-3-2-5-12(13)17-14(18)7-4-8-15(17)19(35)36-10-9-20(24,25)21(26,27)22(28,29)23(30,31)32/h2-8H,9-10H2. The Bertz CT molecular complexity index is 1320. The molecule has 0 fully saturated rings. The van der Waals surface area contributed by atoms with Gasteiger partial charge in [0.05, 0.1) is 31.2 Å². The van der Waals surface area contributed by atoms with Crippen molar-refractivity contribution in [3.05, 3.63) is 76.3 Å². The number of carbonyl (C=O) groups excluding carboxylic acids is 1. The van der Waals surface area contributed by atoms with Crippen molar-refractivity contribution < 1.29 is 49.0 Å². The van der Waals surface area contributed by atoms with E-state index in [1.54, 1.807) is 24.3 Å². The van der Waals surface area contributed by atoms with Crippen molar-refractivity contribution in [2.45, 2.75) is 30.4 Å². The van der Waals surface area contributed by atoms with Crippen LogP contribution in [0.4, 0.5) is 39.5 Å². The van der Waals surface area contributed by atoms with Crippen molar-refractivity contribution in [1.82, 2.24) is 0 Å². The first kappa shape index (κ1) is 26.6. The second-order valence-corrected chi connectivity index (χ2v) is 7.46. The van der Waals surface area contributed by atoms with Crippen LogP contribution in [0.15, 0.2) is 48.2 Å². The molecular weight excluding hydrogens is 507 g/mol. The van der Waals surface area contributed by atoms with Crippen LogP contribution in [0.3, 0.4) is 0 Å². The second kappa shape index (κ2) is 8.90. The minimum absolute atomic E-state index is 0.130. The number of esters is 1. The van der Waals surface area contributed by atoms with E-state index in [4.69, 9.17) is 6.57 Å². The molecule has 0 aromatic heterocycles. The fraction of sp³-hybridized carbons (Fsp3) is 0.261. The summed E-state index contributed by atoms with van der Waals surface area (Å²) < 4.78 is 122. The molecule has 0 spiro atoms. The Kier molecular flexibility index (Phi) is 6.57. The van der Waals surface area contributed by atoms with Gasteiger partial charge in [-0.05, 0) is 22.8 Å². The molecule has 0 saturated heterocycles. The van der Waals surface area contributed by atoms with Crippen molar-refractivity contribution in [2.75, 3.05) is 6.61 Å². The van der Waals surface area contributed by atoms with Gasteiger partial charge < -0.3 is 4.74 Å². The van der Waals surface area contributed by atoms with Crippen LogP contribution in [0.5, 0.6) is 0 Å². The van der Waals surface area contributed by atoms with Crippen LogP contribution in [0.25, 0.3) is 21.5 Å². The molecule has 0 bridgehead atoms. The van der Waals surface area contributed by atoms with Crippen molar-refractivity contribution in [3.63, 3.8) is 0 Å². The van der Waals surface area contributed by atoms with E-state index in [9.17, 15) is 49.6 Å². The highest BCUT2D eigenvalue weighted by atomic mass is 19.4. The zero-order chi connectivity index (χ0) is 27.1. The van der Waals surface area contributed by atoms with Crippen molar-refractivity contribution in [3.8, 4) is 17.2 Å². The maximum absolute atomic E-state index is 13.7. The van der Waals surface area contributed by atoms with Crippen LogP contribution in [-0.4, -0.2) is 36.5 Å². The molecule has 1 aliphatic rings. The minimum Gasteiger partial charge on any atom is -0.462 e. The third kappa shape index (κ3) is 4.04. The normalized spacial score (nSPS) is 14.9. The number of ether oxygens (including phenoxy) is 1. The van der Waals surface area contributed by atoms with Gasteiger partial charge in [0.1, 0.15) is 0 Å². The summed E-state index contributed by atoms with van der Waals surface area (Å²) in [6.07, 6.45) is -9.28. The third-order valence-corrected chi connectivity index (χ3v) is 5.33. The predicted octanol–water partition coefficient (Wildman–Crippen LogP) is 6.88. The molecule has 3 rings (SSSR count). The maximum atomic E-state index is 13.7. The predicted molar refractivity (Wildman–Crippen MR) is 106 cm³/mol. The van der Waals surface area contributed by atoms with E-state index in [2.05, 4.69) is 9.58 Å². The number of hydrogen-bond donors (Lipinski definition) is 0. The van der Waals surface area contributed by atoms with Gasteiger partial charge in [-0.25, -0.2) is 14.9 Å². The van der Waals surface area contributed by atoms with Crippen LogP contribution in [-0.2, 0) is 4.74 Å². The lowest BCUT2D eigenvalue weighted by Crippen LogP contribution is -2.61. The molecule has 0 unspecified atom stereocenters. The van der Waals surface area contributed by atoms with E-state index in [-0.39, 0.29) is 28.0 Å². The number of rotatable bonds is 6. The Morgan fingerprint density at radius 2 is 1.47 bits per heavy atom. The average molecular weight is 518 g/mol. The molecule has 36 heavy (non-hydrogen) atoms. The Labute approximate surface area is 197 Å². The van der Waals surface area contributed by atoms with E-state index in [1.807, 2.05) is 0 Å². The summed E-state index contributed by atoms with van der Waals surface area (Å²) in [5.74, 6) is -21.1. The van der Waals surface area contributed by atoms with Crippen LogP contribution in [0.2, 0.25) is 0 Å². The molecule has 0 N–H and O–H groups in total. The summed E-state index contributed by atoms with van der Waals surface area (Å²) in [4.78, 5) is 15.8. The van der Waals surface area contributed by atoms with Crippen LogP contribution >= 0.6 is 0 Å². The third-order valence-electron chi connectivity index (χ3n) is 5.33. The van der Waals surface area contributed by atoms with Crippen molar-refractivity contribution in [1.29, 1.82) is 5.26 Å².